The third-order valence-corrected chi connectivity index (χ3v) is 5.62. The van der Waals surface area contributed by atoms with Crippen molar-refractivity contribution in [2.75, 3.05) is 5.75 Å². The van der Waals surface area contributed by atoms with Gasteiger partial charge >= 0.3 is 0 Å². The molecule has 2 N–H and O–H groups in total. The molecule has 2 atom stereocenters. The van der Waals surface area contributed by atoms with Crippen LogP contribution in [0.2, 0.25) is 0 Å². The van der Waals surface area contributed by atoms with E-state index in [2.05, 4.69) is 31.4 Å². The summed E-state index contributed by atoms with van der Waals surface area (Å²) in [5, 5.41) is 3.96. The molecule has 2 rings (SSSR count). The van der Waals surface area contributed by atoms with E-state index >= 15 is 0 Å². The molecular formula is C16H22N2S2. The molecule has 0 saturated heterocycles. The number of hydrogen-bond donors (Lipinski definition) is 1. The van der Waals surface area contributed by atoms with Gasteiger partial charge < -0.3 is 5.73 Å². The Morgan fingerprint density at radius 3 is 2.75 bits per heavy atom. The van der Waals surface area contributed by atoms with Crippen LogP contribution in [0.3, 0.4) is 0 Å². The highest BCUT2D eigenvalue weighted by molar-refractivity contribution is 7.99. The van der Waals surface area contributed by atoms with Crippen LogP contribution >= 0.6 is 23.1 Å². The number of nitrogens with two attached hydrogens (primary N) is 1. The number of thiazole rings is 1. The lowest BCUT2D eigenvalue weighted by Crippen LogP contribution is -2.26. The van der Waals surface area contributed by atoms with E-state index in [0.717, 1.165) is 22.9 Å². The van der Waals surface area contributed by atoms with Crippen molar-refractivity contribution >= 4 is 23.1 Å². The zero-order valence-electron chi connectivity index (χ0n) is 12.1. The van der Waals surface area contributed by atoms with Crippen molar-refractivity contribution < 1.29 is 0 Å². The van der Waals surface area contributed by atoms with Crippen molar-refractivity contribution in [1.29, 1.82) is 0 Å². The van der Waals surface area contributed by atoms with E-state index in [9.17, 15) is 0 Å². The van der Waals surface area contributed by atoms with E-state index in [1.807, 2.05) is 30.0 Å². The normalized spacial score (nSPS) is 14.2. The lowest BCUT2D eigenvalue weighted by molar-refractivity contribution is 0.741. The highest BCUT2D eigenvalue weighted by Gasteiger charge is 2.10. The highest BCUT2D eigenvalue weighted by Crippen LogP contribution is 2.23. The Morgan fingerprint density at radius 1 is 1.30 bits per heavy atom. The van der Waals surface area contributed by atoms with Gasteiger partial charge in [-0.2, -0.15) is 11.8 Å². The van der Waals surface area contributed by atoms with E-state index < -0.39 is 0 Å². The maximum Gasteiger partial charge on any atom is 0.0948 e. The molecule has 0 bridgehead atoms. The second-order valence-electron chi connectivity index (χ2n) is 5.01. The Bertz CT molecular complexity index is 510. The molecular weight excluding hydrogens is 284 g/mol. The number of thioether (sulfide) groups is 1. The largest absolute Gasteiger partial charge is 0.327 e. The first kappa shape index (κ1) is 15.5. The Labute approximate surface area is 129 Å². The van der Waals surface area contributed by atoms with Crippen molar-refractivity contribution in [2.45, 2.75) is 38.0 Å². The molecule has 0 aliphatic heterocycles. The van der Waals surface area contributed by atoms with Crippen LogP contribution < -0.4 is 5.73 Å². The van der Waals surface area contributed by atoms with E-state index in [1.54, 1.807) is 11.3 Å². The average molecular weight is 306 g/mol. The summed E-state index contributed by atoms with van der Waals surface area (Å²) in [5.41, 5.74) is 8.44. The van der Waals surface area contributed by atoms with Crippen molar-refractivity contribution in [3.63, 3.8) is 0 Å². The molecule has 2 unspecified atom stereocenters. The molecule has 4 heteroatoms. The quantitative estimate of drug-likeness (QED) is 0.832. The monoisotopic (exact) mass is 306 g/mol. The Balaban J connectivity index is 1.90. The first-order chi connectivity index (χ1) is 9.69. The van der Waals surface area contributed by atoms with Gasteiger partial charge in [-0.15, -0.1) is 11.3 Å². The topological polar surface area (TPSA) is 38.9 Å². The molecule has 1 heterocycles. The van der Waals surface area contributed by atoms with Crippen LogP contribution in [0, 0.1) is 0 Å². The van der Waals surface area contributed by atoms with Gasteiger partial charge in [0.2, 0.25) is 0 Å². The fraction of sp³-hybridized carbons (Fsp3) is 0.438. The van der Waals surface area contributed by atoms with Crippen molar-refractivity contribution in [3.8, 4) is 11.3 Å². The molecule has 0 aliphatic carbocycles. The van der Waals surface area contributed by atoms with Gasteiger partial charge in [0.15, 0.2) is 0 Å². The lowest BCUT2D eigenvalue weighted by atomic mass is 10.2. The molecule has 0 spiro atoms. The number of aromatic nitrogens is 1. The van der Waals surface area contributed by atoms with Crippen molar-refractivity contribution in [2.24, 2.45) is 5.73 Å². The predicted octanol–water partition coefficient (Wildman–Crippen LogP) is 4.21. The van der Waals surface area contributed by atoms with Crippen LogP contribution in [-0.4, -0.2) is 22.0 Å². The number of hydrogen-bond acceptors (Lipinski definition) is 4. The van der Waals surface area contributed by atoms with E-state index in [1.165, 1.54) is 12.0 Å². The molecule has 1 aromatic heterocycles. The van der Waals surface area contributed by atoms with Crippen LogP contribution in [0.4, 0.5) is 0 Å². The molecule has 2 aromatic rings. The highest BCUT2D eigenvalue weighted by atomic mass is 32.2. The maximum absolute atomic E-state index is 6.20. The van der Waals surface area contributed by atoms with Crippen molar-refractivity contribution in [1.82, 2.24) is 4.98 Å². The standard InChI is InChI=1S/C16H22N2S2/c1-3-12(2)19-10-14(17)9-16-18-15(11-20-16)13-7-5-4-6-8-13/h4-8,11-12,14H,3,9-10,17H2,1-2H3. The number of nitrogens with zero attached hydrogens (tertiary/aromatic N) is 1. The predicted molar refractivity (Wildman–Crippen MR) is 91.4 cm³/mol. The van der Waals surface area contributed by atoms with Crippen LogP contribution in [-0.2, 0) is 6.42 Å². The molecule has 2 nitrogen and oxygen atoms in total. The van der Waals surface area contributed by atoms with Crippen LogP contribution in [0.5, 0.6) is 0 Å². The first-order valence-corrected chi connectivity index (χ1v) is 8.99. The van der Waals surface area contributed by atoms with Crippen LogP contribution in [0.15, 0.2) is 35.7 Å². The van der Waals surface area contributed by atoms with Gasteiger partial charge in [-0.25, -0.2) is 4.98 Å². The van der Waals surface area contributed by atoms with E-state index in [0.29, 0.717) is 5.25 Å². The molecule has 20 heavy (non-hydrogen) atoms. The summed E-state index contributed by atoms with van der Waals surface area (Å²) in [4.78, 5) is 4.70. The van der Waals surface area contributed by atoms with Gasteiger partial charge in [0.05, 0.1) is 10.7 Å². The SMILES string of the molecule is CCC(C)SCC(N)Cc1nc(-c2ccccc2)cs1. The van der Waals surface area contributed by atoms with Crippen LogP contribution in [0.25, 0.3) is 11.3 Å². The van der Waals surface area contributed by atoms with Gasteiger partial charge in [0, 0.05) is 34.4 Å². The van der Waals surface area contributed by atoms with Gasteiger partial charge in [-0.3, -0.25) is 0 Å². The zero-order chi connectivity index (χ0) is 14.4. The number of rotatable bonds is 7. The van der Waals surface area contributed by atoms with Gasteiger partial charge in [0.25, 0.3) is 0 Å². The molecule has 0 saturated carbocycles. The third kappa shape index (κ3) is 4.62. The minimum absolute atomic E-state index is 0.198. The first-order valence-electron chi connectivity index (χ1n) is 7.06. The summed E-state index contributed by atoms with van der Waals surface area (Å²) in [6.07, 6.45) is 2.08. The average Bonchev–Trinajstić information content (AvgIpc) is 2.94. The Hall–Kier alpha value is -0.840. The second kappa shape index (κ2) is 7.81. The summed E-state index contributed by atoms with van der Waals surface area (Å²) in [5.74, 6) is 1.01. The molecule has 0 radical (unpaired) electrons. The van der Waals surface area contributed by atoms with E-state index in [4.69, 9.17) is 10.7 Å². The minimum atomic E-state index is 0.198. The summed E-state index contributed by atoms with van der Waals surface area (Å²) >= 11 is 3.67. The fourth-order valence-corrected chi connectivity index (χ4v) is 3.66. The maximum atomic E-state index is 6.20. The molecule has 0 fully saturated rings. The van der Waals surface area contributed by atoms with Crippen LogP contribution in [0.1, 0.15) is 25.3 Å². The summed E-state index contributed by atoms with van der Waals surface area (Å²) in [6.45, 7) is 4.48. The fourth-order valence-electron chi connectivity index (χ4n) is 1.84. The van der Waals surface area contributed by atoms with E-state index in [-0.39, 0.29) is 6.04 Å². The summed E-state index contributed by atoms with van der Waals surface area (Å²) in [6, 6.07) is 10.5. The summed E-state index contributed by atoms with van der Waals surface area (Å²) in [7, 11) is 0. The Morgan fingerprint density at radius 2 is 2.05 bits per heavy atom. The summed E-state index contributed by atoms with van der Waals surface area (Å²) < 4.78 is 0. The molecule has 0 amide bonds. The number of benzene rings is 1. The van der Waals surface area contributed by atoms with Gasteiger partial charge in [0.1, 0.15) is 0 Å². The molecule has 1 aromatic carbocycles. The lowest BCUT2D eigenvalue weighted by Gasteiger charge is -2.12. The Kier molecular flexibility index (Phi) is 6.07. The zero-order valence-corrected chi connectivity index (χ0v) is 13.7. The third-order valence-electron chi connectivity index (χ3n) is 3.23. The van der Waals surface area contributed by atoms with Crippen molar-refractivity contribution in [3.05, 3.63) is 40.7 Å². The van der Waals surface area contributed by atoms with Gasteiger partial charge in [-0.05, 0) is 6.42 Å². The minimum Gasteiger partial charge on any atom is -0.327 e. The molecule has 0 aliphatic rings. The second-order valence-corrected chi connectivity index (χ2v) is 7.42. The molecule has 108 valence electrons. The smallest absolute Gasteiger partial charge is 0.0948 e. The van der Waals surface area contributed by atoms with Gasteiger partial charge in [-0.1, -0.05) is 44.2 Å².